The number of carboxylic acid groups (broad SMARTS) is 1. The topological polar surface area (TPSA) is 93.5 Å². The highest BCUT2D eigenvalue weighted by molar-refractivity contribution is 5.99. The molecule has 0 bridgehead atoms. The van der Waals surface area contributed by atoms with E-state index in [0.717, 1.165) is 46.1 Å². The number of pyridine rings is 1. The molecular weight excluding hydrogens is 397 g/mol. The summed E-state index contributed by atoms with van der Waals surface area (Å²) in [6.07, 6.45) is 2.51. The van der Waals surface area contributed by atoms with E-state index in [0.29, 0.717) is 5.92 Å². The molecule has 0 radical (unpaired) electrons. The van der Waals surface area contributed by atoms with E-state index in [1.165, 1.54) is 12.1 Å². The number of hydrogen-bond acceptors (Lipinski definition) is 5. The zero-order valence-electron chi connectivity index (χ0n) is 16.9. The maximum Gasteiger partial charge on any atom is 0.123 e. The first kappa shape index (κ1) is 21.2. The maximum atomic E-state index is 13.6. The summed E-state index contributed by atoms with van der Waals surface area (Å²) in [5, 5.41) is 31.7. The van der Waals surface area contributed by atoms with E-state index in [2.05, 4.69) is 0 Å². The van der Waals surface area contributed by atoms with Crippen LogP contribution in [-0.4, -0.2) is 33.4 Å². The molecule has 1 aromatic heterocycles. The lowest BCUT2D eigenvalue weighted by Crippen LogP contribution is -2.29. The van der Waals surface area contributed by atoms with Crippen LogP contribution in [0.5, 0.6) is 0 Å². The summed E-state index contributed by atoms with van der Waals surface area (Å²) >= 11 is 0. The Morgan fingerprint density at radius 3 is 2.55 bits per heavy atom. The summed E-state index contributed by atoms with van der Waals surface area (Å²) < 4.78 is 13.6. The van der Waals surface area contributed by atoms with Gasteiger partial charge in [-0.3, -0.25) is 4.98 Å². The van der Waals surface area contributed by atoms with Crippen molar-refractivity contribution in [1.29, 1.82) is 0 Å². The van der Waals surface area contributed by atoms with Crippen LogP contribution in [0.3, 0.4) is 0 Å². The van der Waals surface area contributed by atoms with Gasteiger partial charge in [0.05, 0.1) is 23.4 Å². The first-order valence-corrected chi connectivity index (χ1v) is 10.3. The number of aromatic nitrogens is 1. The number of carbonyl (C=O) groups excluding carboxylic acids is 1. The Kier molecular flexibility index (Phi) is 6.11. The van der Waals surface area contributed by atoms with Crippen LogP contribution in [0.15, 0.2) is 54.6 Å². The second-order valence-corrected chi connectivity index (χ2v) is 7.98. The average molecular weight is 420 g/mol. The fraction of sp³-hybridized carbons (Fsp3) is 0.280. The molecule has 0 saturated heterocycles. The Morgan fingerprint density at radius 2 is 1.87 bits per heavy atom. The van der Waals surface area contributed by atoms with Crippen molar-refractivity contribution in [2.75, 3.05) is 0 Å². The molecule has 2 N–H and O–H groups in total. The Morgan fingerprint density at radius 1 is 1.16 bits per heavy atom. The highest BCUT2D eigenvalue weighted by Crippen LogP contribution is 2.45. The SMILES string of the molecule is O=C([O-])CC(O)CC(O)C=Cc1c(C2CC2)nc2ccccc2c1-c1ccc(F)cc1. The van der Waals surface area contributed by atoms with E-state index in [-0.39, 0.29) is 12.2 Å². The molecule has 2 atom stereocenters. The van der Waals surface area contributed by atoms with Crippen molar-refractivity contribution in [3.05, 3.63) is 71.7 Å². The highest BCUT2D eigenvalue weighted by Gasteiger charge is 2.29. The number of rotatable bonds is 8. The fourth-order valence-corrected chi connectivity index (χ4v) is 3.85. The third-order valence-corrected chi connectivity index (χ3v) is 5.46. The van der Waals surface area contributed by atoms with Gasteiger partial charge in [0.15, 0.2) is 0 Å². The van der Waals surface area contributed by atoms with Crippen molar-refractivity contribution in [2.45, 2.75) is 43.8 Å². The van der Waals surface area contributed by atoms with E-state index in [4.69, 9.17) is 4.98 Å². The number of aliphatic hydroxyl groups excluding tert-OH is 2. The molecule has 1 aliphatic carbocycles. The molecule has 1 aliphatic rings. The van der Waals surface area contributed by atoms with Gasteiger partial charge in [0, 0.05) is 41.2 Å². The number of aliphatic hydroxyl groups is 2. The van der Waals surface area contributed by atoms with Crippen LogP contribution in [-0.2, 0) is 4.79 Å². The van der Waals surface area contributed by atoms with Crippen molar-refractivity contribution in [2.24, 2.45) is 0 Å². The number of halogens is 1. The van der Waals surface area contributed by atoms with E-state index in [9.17, 15) is 24.5 Å². The smallest absolute Gasteiger partial charge is 0.123 e. The zero-order chi connectivity index (χ0) is 22.0. The van der Waals surface area contributed by atoms with Gasteiger partial charge in [-0.25, -0.2) is 4.39 Å². The number of nitrogens with zero attached hydrogens (tertiary/aromatic N) is 1. The van der Waals surface area contributed by atoms with Gasteiger partial charge >= 0.3 is 0 Å². The number of aliphatic carboxylic acids is 1. The Bertz CT molecular complexity index is 1120. The number of carbonyl (C=O) groups is 1. The predicted octanol–water partition coefficient (Wildman–Crippen LogP) is 3.18. The van der Waals surface area contributed by atoms with E-state index in [1.807, 2.05) is 24.3 Å². The van der Waals surface area contributed by atoms with Crippen molar-refractivity contribution >= 4 is 22.9 Å². The predicted molar refractivity (Wildman–Crippen MR) is 114 cm³/mol. The van der Waals surface area contributed by atoms with E-state index >= 15 is 0 Å². The molecule has 0 spiro atoms. The number of hydrogen-bond donors (Lipinski definition) is 2. The quantitative estimate of drug-likeness (QED) is 0.584. The lowest BCUT2D eigenvalue weighted by atomic mass is 9.92. The molecule has 0 aliphatic heterocycles. The van der Waals surface area contributed by atoms with E-state index < -0.39 is 24.6 Å². The summed E-state index contributed by atoms with van der Waals surface area (Å²) in [5.41, 5.74) is 4.38. The van der Waals surface area contributed by atoms with Crippen molar-refractivity contribution in [1.82, 2.24) is 4.98 Å². The summed E-state index contributed by atoms with van der Waals surface area (Å²) in [6.45, 7) is 0. The fourth-order valence-electron chi connectivity index (χ4n) is 3.85. The van der Waals surface area contributed by atoms with Crippen LogP contribution < -0.4 is 5.11 Å². The molecular formula is C25H23FNO4-. The molecule has 0 amide bonds. The monoisotopic (exact) mass is 420 g/mol. The van der Waals surface area contributed by atoms with Crippen molar-refractivity contribution in [3.8, 4) is 11.1 Å². The first-order valence-electron chi connectivity index (χ1n) is 10.3. The van der Waals surface area contributed by atoms with Gasteiger partial charge in [-0.1, -0.05) is 42.5 Å². The van der Waals surface area contributed by atoms with Crippen LogP contribution in [0.1, 0.15) is 42.9 Å². The van der Waals surface area contributed by atoms with Crippen molar-refractivity contribution < 1.29 is 24.5 Å². The molecule has 2 aromatic carbocycles. The maximum absolute atomic E-state index is 13.6. The molecule has 3 aromatic rings. The van der Waals surface area contributed by atoms with Gasteiger partial charge in [-0.05, 0) is 36.6 Å². The third kappa shape index (κ3) is 4.98. The van der Waals surface area contributed by atoms with Crippen LogP contribution in [0.25, 0.3) is 28.1 Å². The van der Waals surface area contributed by atoms with Gasteiger partial charge in [-0.2, -0.15) is 0 Å². The largest absolute Gasteiger partial charge is 0.550 e. The Balaban J connectivity index is 1.79. The minimum Gasteiger partial charge on any atom is -0.550 e. The lowest BCUT2D eigenvalue weighted by Gasteiger charge is -2.17. The van der Waals surface area contributed by atoms with Crippen LogP contribution in [0.2, 0.25) is 0 Å². The minimum atomic E-state index is -1.36. The molecule has 31 heavy (non-hydrogen) atoms. The molecule has 1 heterocycles. The van der Waals surface area contributed by atoms with Crippen LogP contribution >= 0.6 is 0 Å². The molecule has 4 rings (SSSR count). The molecule has 5 nitrogen and oxygen atoms in total. The third-order valence-electron chi connectivity index (χ3n) is 5.46. The van der Waals surface area contributed by atoms with Crippen molar-refractivity contribution in [3.63, 3.8) is 0 Å². The lowest BCUT2D eigenvalue weighted by molar-refractivity contribution is -0.307. The summed E-state index contributed by atoms with van der Waals surface area (Å²) in [4.78, 5) is 15.5. The van der Waals surface area contributed by atoms with Crippen LogP contribution in [0, 0.1) is 5.82 Å². The van der Waals surface area contributed by atoms with Gasteiger partial charge in [0.1, 0.15) is 5.82 Å². The van der Waals surface area contributed by atoms with E-state index in [1.54, 1.807) is 24.3 Å². The number of fused-ring (bicyclic) bond motifs is 1. The molecule has 6 heteroatoms. The van der Waals surface area contributed by atoms with Gasteiger partial charge < -0.3 is 20.1 Å². The Labute approximate surface area is 179 Å². The van der Waals surface area contributed by atoms with Crippen LogP contribution in [0.4, 0.5) is 4.39 Å². The number of para-hydroxylation sites is 1. The van der Waals surface area contributed by atoms with Gasteiger partial charge in [0.2, 0.25) is 0 Å². The molecule has 160 valence electrons. The van der Waals surface area contributed by atoms with Gasteiger partial charge in [0.25, 0.3) is 0 Å². The Hall–Kier alpha value is -3.09. The van der Waals surface area contributed by atoms with Gasteiger partial charge in [-0.15, -0.1) is 0 Å². The zero-order valence-corrected chi connectivity index (χ0v) is 16.9. The molecule has 1 fully saturated rings. The average Bonchev–Trinajstić information content (AvgIpc) is 3.56. The standard InChI is InChI=1S/C25H24FNO4/c26-17-9-7-15(8-10-17)24-20-3-1-2-4-22(20)27-25(16-5-6-16)21(24)12-11-18(28)13-19(29)14-23(30)31/h1-4,7-12,16,18-19,28-29H,5-6,13-14H2,(H,30,31)/p-1. The highest BCUT2D eigenvalue weighted by atomic mass is 19.1. The molecule has 1 saturated carbocycles. The number of carboxylic acids is 1. The number of benzene rings is 2. The minimum absolute atomic E-state index is 0.115. The summed E-state index contributed by atoms with van der Waals surface area (Å²) in [6, 6.07) is 14.1. The summed E-state index contributed by atoms with van der Waals surface area (Å²) in [7, 11) is 0. The first-order chi connectivity index (χ1) is 14.9. The normalized spacial score (nSPS) is 16.0. The second kappa shape index (κ2) is 8.96. The summed E-state index contributed by atoms with van der Waals surface area (Å²) in [5.74, 6) is -1.36. The molecule has 2 unspecified atom stereocenters. The second-order valence-electron chi connectivity index (χ2n) is 7.98.